The van der Waals surface area contributed by atoms with Crippen molar-refractivity contribution in [1.82, 2.24) is 0 Å². The van der Waals surface area contributed by atoms with E-state index in [1.807, 2.05) is 48.5 Å². The lowest BCUT2D eigenvalue weighted by Crippen LogP contribution is -2.32. The van der Waals surface area contributed by atoms with E-state index in [0.29, 0.717) is 39.0 Å². The van der Waals surface area contributed by atoms with Crippen LogP contribution < -0.4 is 4.90 Å². The van der Waals surface area contributed by atoms with Gasteiger partial charge in [-0.25, -0.2) is 0 Å². The van der Waals surface area contributed by atoms with Crippen LogP contribution >= 0.6 is 0 Å². The molecule has 0 unspecified atom stereocenters. The highest BCUT2D eigenvalue weighted by Gasteiger charge is 2.21. The maximum absolute atomic E-state index is 13.1. The first-order chi connectivity index (χ1) is 14.7. The number of nitrogens with zero attached hydrogens (tertiary/aromatic N) is 1. The second kappa shape index (κ2) is 11.4. The molecule has 0 radical (unpaired) electrons. The van der Waals surface area contributed by atoms with Gasteiger partial charge >= 0.3 is 0 Å². The van der Waals surface area contributed by atoms with Gasteiger partial charge in [0.15, 0.2) is 0 Å². The summed E-state index contributed by atoms with van der Waals surface area (Å²) in [5.74, 6) is 0.0369. The third-order valence-electron chi connectivity index (χ3n) is 5.16. The second-order valence-corrected chi connectivity index (χ2v) is 7.40. The van der Waals surface area contributed by atoms with Crippen molar-refractivity contribution in [3.05, 3.63) is 65.2 Å². The van der Waals surface area contributed by atoms with Crippen LogP contribution in [0, 0.1) is 0 Å². The Hall–Kier alpha value is -2.76. The molecule has 5 heteroatoms. The number of aliphatic hydroxyl groups excluding tert-OH is 1. The SMILES string of the molecule is O=C(CCCOCCCO)CCC(=O)N1Cc2ccccc2/C=C\c2ccccc21. The number of amides is 1. The highest BCUT2D eigenvalue weighted by Crippen LogP contribution is 2.29. The second-order valence-electron chi connectivity index (χ2n) is 7.40. The van der Waals surface area contributed by atoms with E-state index in [0.717, 1.165) is 22.4 Å². The fraction of sp³-hybridized carbons (Fsp3) is 0.360. The predicted molar refractivity (Wildman–Crippen MR) is 119 cm³/mol. The third-order valence-corrected chi connectivity index (χ3v) is 5.16. The van der Waals surface area contributed by atoms with Crippen molar-refractivity contribution in [2.45, 2.75) is 38.6 Å². The zero-order chi connectivity index (χ0) is 21.2. The molecule has 1 N–H and O–H groups in total. The van der Waals surface area contributed by atoms with Crippen molar-refractivity contribution in [3.63, 3.8) is 0 Å². The summed E-state index contributed by atoms with van der Waals surface area (Å²) in [7, 11) is 0. The Morgan fingerprint density at radius 1 is 0.867 bits per heavy atom. The van der Waals surface area contributed by atoms with Gasteiger partial charge in [0.05, 0.1) is 12.2 Å². The fourth-order valence-corrected chi connectivity index (χ4v) is 3.52. The van der Waals surface area contributed by atoms with Crippen molar-refractivity contribution in [2.75, 3.05) is 24.7 Å². The van der Waals surface area contributed by atoms with E-state index in [4.69, 9.17) is 9.84 Å². The van der Waals surface area contributed by atoms with E-state index in [-0.39, 0.29) is 31.1 Å². The molecule has 0 saturated heterocycles. The van der Waals surface area contributed by atoms with Gasteiger partial charge < -0.3 is 14.7 Å². The molecule has 3 rings (SSSR count). The number of para-hydroxylation sites is 1. The van der Waals surface area contributed by atoms with E-state index in [1.165, 1.54) is 0 Å². The van der Waals surface area contributed by atoms with Crippen LogP contribution in [-0.2, 0) is 20.9 Å². The van der Waals surface area contributed by atoms with Gasteiger partial charge in [-0.15, -0.1) is 0 Å². The zero-order valence-corrected chi connectivity index (χ0v) is 17.3. The van der Waals surface area contributed by atoms with Gasteiger partial charge in [-0.05, 0) is 35.6 Å². The summed E-state index contributed by atoms with van der Waals surface area (Å²) in [4.78, 5) is 27.1. The van der Waals surface area contributed by atoms with Crippen LogP contribution in [0.4, 0.5) is 5.69 Å². The lowest BCUT2D eigenvalue weighted by atomic mass is 10.0. The zero-order valence-electron chi connectivity index (χ0n) is 17.3. The third kappa shape index (κ3) is 6.12. The van der Waals surface area contributed by atoms with Gasteiger partial charge in [0.25, 0.3) is 0 Å². The lowest BCUT2D eigenvalue weighted by Gasteiger charge is -2.27. The molecule has 1 amide bonds. The molecule has 2 aromatic carbocycles. The largest absolute Gasteiger partial charge is 0.396 e. The average Bonchev–Trinajstić information content (AvgIpc) is 2.76. The summed E-state index contributed by atoms with van der Waals surface area (Å²) in [5, 5.41) is 8.72. The number of ketones is 1. The summed E-state index contributed by atoms with van der Waals surface area (Å²) < 4.78 is 5.35. The molecule has 30 heavy (non-hydrogen) atoms. The first-order valence-corrected chi connectivity index (χ1v) is 10.5. The molecular formula is C25H29NO4. The lowest BCUT2D eigenvalue weighted by molar-refractivity contribution is -0.124. The number of hydrogen-bond acceptors (Lipinski definition) is 4. The highest BCUT2D eigenvalue weighted by atomic mass is 16.5. The molecule has 0 fully saturated rings. The molecule has 0 saturated carbocycles. The Morgan fingerprint density at radius 3 is 2.40 bits per heavy atom. The van der Waals surface area contributed by atoms with Gasteiger partial charge in [-0.2, -0.15) is 0 Å². The standard InChI is InChI=1S/C25H29NO4/c27-16-6-18-30-17-5-10-23(28)14-15-25(29)26-19-22-9-2-1-7-20(22)12-13-21-8-3-4-11-24(21)26/h1-4,7-9,11-13,27H,5-6,10,14-19H2/b13-12-. The summed E-state index contributed by atoms with van der Waals surface area (Å²) in [6.07, 6.45) is 6.23. The van der Waals surface area contributed by atoms with Crippen LogP contribution in [0.25, 0.3) is 12.2 Å². The highest BCUT2D eigenvalue weighted by molar-refractivity contribution is 5.98. The molecule has 5 nitrogen and oxygen atoms in total. The molecule has 0 aromatic heterocycles. The van der Waals surface area contributed by atoms with Crippen LogP contribution in [0.2, 0.25) is 0 Å². The quantitative estimate of drug-likeness (QED) is 0.599. The Labute approximate surface area is 178 Å². The van der Waals surface area contributed by atoms with Crippen LogP contribution in [-0.4, -0.2) is 36.6 Å². The van der Waals surface area contributed by atoms with Crippen molar-refractivity contribution in [3.8, 4) is 0 Å². The fourth-order valence-electron chi connectivity index (χ4n) is 3.52. The molecule has 1 heterocycles. The van der Waals surface area contributed by atoms with Gasteiger partial charge in [0, 0.05) is 39.1 Å². The van der Waals surface area contributed by atoms with E-state index >= 15 is 0 Å². The van der Waals surface area contributed by atoms with E-state index < -0.39 is 0 Å². The number of Topliss-reactive ketones (excluding diaryl/α,β-unsaturated/α-hetero) is 1. The minimum Gasteiger partial charge on any atom is -0.396 e. The van der Waals surface area contributed by atoms with Crippen LogP contribution in [0.3, 0.4) is 0 Å². The maximum Gasteiger partial charge on any atom is 0.227 e. The van der Waals surface area contributed by atoms with Gasteiger partial charge in [0.2, 0.25) is 5.91 Å². The molecule has 1 aliphatic rings. The Balaban J connectivity index is 1.61. The van der Waals surface area contributed by atoms with E-state index in [1.54, 1.807) is 4.90 Å². The maximum atomic E-state index is 13.1. The van der Waals surface area contributed by atoms with E-state index in [2.05, 4.69) is 12.1 Å². The van der Waals surface area contributed by atoms with Crippen molar-refractivity contribution >= 4 is 29.5 Å². The number of hydrogen-bond donors (Lipinski definition) is 1. The number of anilines is 1. The Kier molecular flexibility index (Phi) is 8.36. The number of aliphatic hydroxyl groups is 1. The summed E-state index contributed by atoms with van der Waals surface area (Å²) in [6, 6.07) is 15.9. The minimum atomic E-state index is -0.0416. The number of carbonyl (C=O) groups is 2. The molecule has 0 bridgehead atoms. The van der Waals surface area contributed by atoms with Crippen molar-refractivity contribution in [2.24, 2.45) is 0 Å². The molecule has 0 aliphatic carbocycles. The predicted octanol–water partition coefficient (Wildman–Crippen LogP) is 4.23. The van der Waals surface area contributed by atoms with E-state index in [9.17, 15) is 9.59 Å². The average molecular weight is 408 g/mol. The van der Waals surface area contributed by atoms with Crippen molar-refractivity contribution < 1.29 is 19.4 Å². The molecular weight excluding hydrogens is 378 g/mol. The number of fused-ring (bicyclic) bond motifs is 2. The Morgan fingerprint density at radius 2 is 1.57 bits per heavy atom. The van der Waals surface area contributed by atoms with Crippen LogP contribution in [0.5, 0.6) is 0 Å². The minimum absolute atomic E-state index is 0.0416. The smallest absolute Gasteiger partial charge is 0.227 e. The van der Waals surface area contributed by atoms with Gasteiger partial charge in [-0.1, -0.05) is 54.6 Å². The topological polar surface area (TPSA) is 66.8 Å². The van der Waals surface area contributed by atoms with Crippen LogP contribution in [0.15, 0.2) is 48.5 Å². The molecule has 158 valence electrons. The summed E-state index contributed by atoms with van der Waals surface area (Å²) >= 11 is 0. The number of benzene rings is 2. The molecule has 1 aliphatic heterocycles. The van der Waals surface area contributed by atoms with Crippen LogP contribution in [0.1, 0.15) is 48.8 Å². The molecule has 2 aromatic rings. The van der Waals surface area contributed by atoms with Gasteiger partial charge in [-0.3, -0.25) is 9.59 Å². The van der Waals surface area contributed by atoms with Gasteiger partial charge in [0.1, 0.15) is 5.78 Å². The summed E-state index contributed by atoms with van der Waals surface area (Å²) in [6.45, 7) is 1.61. The molecule has 0 atom stereocenters. The molecule has 0 spiro atoms. The number of rotatable bonds is 10. The monoisotopic (exact) mass is 407 g/mol. The first kappa shape index (κ1) is 21.9. The normalized spacial score (nSPS) is 13.7. The number of carbonyl (C=O) groups excluding carboxylic acids is 2. The Bertz CT molecular complexity index is 890. The summed E-state index contributed by atoms with van der Waals surface area (Å²) in [5.41, 5.74) is 4.05. The first-order valence-electron chi connectivity index (χ1n) is 10.5. The van der Waals surface area contributed by atoms with Crippen molar-refractivity contribution in [1.29, 1.82) is 0 Å². The number of ether oxygens (including phenoxy) is 1.